The van der Waals surface area contributed by atoms with Crippen molar-refractivity contribution in [1.82, 2.24) is 14.7 Å². The summed E-state index contributed by atoms with van der Waals surface area (Å²) in [5, 5.41) is 2.14. The topological polar surface area (TPSA) is 74.4 Å². The lowest BCUT2D eigenvalue weighted by molar-refractivity contribution is 0.0186. The maximum atomic E-state index is 12.2. The van der Waals surface area contributed by atoms with Gasteiger partial charge < -0.3 is 20.3 Å². The van der Waals surface area contributed by atoms with Gasteiger partial charge >= 0.3 is 6.09 Å². The van der Waals surface area contributed by atoms with Crippen LogP contribution in [-0.2, 0) is 11.3 Å². The molecule has 0 spiro atoms. The van der Waals surface area contributed by atoms with E-state index < -0.39 is 5.60 Å². The Kier molecular flexibility index (Phi) is 9.67. The summed E-state index contributed by atoms with van der Waals surface area (Å²) in [5.74, 6) is 1.16. The quantitative estimate of drug-likeness (QED) is 0.354. The lowest BCUT2D eigenvalue weighted by Crippen LogP contribution is -2.53. The molecule has 0 saturated carbocycles. The van der Waals surface area contributed by atoms with Crippen LogP contribution in [0.3, 0.4) is 0 Å². The number of halogens is 1. The maximum Gasteiger partial charge on any atom is 0.410 e. The average molecular weight is 550 g/mol. The van der Waals surface area contributed by atoms with Gasteiger partial charge in [-0.15, -0.1) is 35.3 Å². The van der Waals surface area contributed by atoms with E-state index in [4.69, 9.17) is 15.5 Å². The molecule has 2 N–H and O–H groups in total. The molecular formula is C21H36IN5O2S. The molecule has 2 aliphatic heterocycles. The van der Waals surface area contributed by atoms with Crippen molar-refractivity contribution in [2.75, 3.05) is 45.8 Å². The number of ether oxygens (including phenoxy) is 1. The maximum absolute atomic E-state index is 12.2. The summed E-state index contributed by atoms with van der Waals surface area (Å²) in [6.45, 7) is 12.4. The zero-order valence-corrected chi connectivity index (χ0v) is 21.5. The molecule has 1 unspecified atom stereocenters. The Labute approximate surface area is 201 Å². The molecule has 170 valence electrons. The van der Waals surface area contributed by atoms with E-state index >= 15 is 0 Å². The lowest BCUT2D eigenvalue weighted by Gasteiger charge is -2.36. The van der Waals surface area contributed by atoms with E-state index in [2.05, 4.69) is 27.3 Å². The predicted molar refractivity (Wildman–Crippen MR) is 134 cm³/mol. The average Bonchev–Trinajstić information content (AvgIpc) is 3.18. The number of hydrogen-bond donors (Lipinski definition) is 1. The first-order valence-corrected chi connectivity index (χ1v) is 11.5. The Balaban J connectivity index is 0.00000320. The molecule has 1 aromatic rings. The Morgan fingerprint density at radius 1 is 1.23 bits per heavy atom. The zero-order valence-electron chi connectivity index (χ0n) is 18.4. The molecule has 1 atom stereocenters. The standard InChI is InChI=1S/C21H35N5O2S.HI/c1-21(2,3)28-20(27)26-11-9-25(10-12-26)19(22)23-14-17-6-4-8-24(15-17)16-18-7-5-13-29-18;/h5,7,13,17H,4,6,8-12,14-16H2,1-3H3,(H2,22,23);1H. The zero-order chi connectivity index (χ0) is 20.9. The van der Waals surface area contributed by atoms with E-state index in [1.54, 1.807) is 4.90 Å². The SMILES string of the molecule is CC(C)(C)OC(=O)N1CCN(C(N)=NCC2CCCN(Cc3cccs3)C2)CC1.I. The fourth-order valence-corrected chi connectivity index (χ4v) is 4.58. The number of rotatable bonds is 4. The number of likely N-dealkylation sites (tertiary alicyclic amines) is 1. The van der Waals surface area contributed by atoms with Gasteiger partial charge in [-0.2, -0.15) is 0 Å². The van der Waals surface area contributed by atoms with Crippen molar-refractivity contribution in [3.8, 4) is 0 Å². The molecule has 3 heterocycles. The van der Waals surface area contributed by atoms with E-state index in [-0.39, 0.29) is 30.1 Å². The molecule has 3 rings (SSSR count). The van der Waals surface area contributed by atoms with Crippen LogP contribution in [0.25, 0.3) is 0 Å². The second-order valence-corrected chi connectivity index (χ2v) is 10.0. The Morgan fingerprint density at radius 2 is 1.93 bits per heavy atom. The number of aliphatic imine (C=N–C) groups is 1. The molecule has 2 saturated heterocycles. The fraction of sp³-hybridized carbons (Fsp3) is 0.714. The Morgan fingerprint density at radius 3 is 2.57 bits per heavy atom. The number of amides is 1. The summed E-state index contributed by atoms with van der Waals surface area (Å²) in [7, 11) is 0. The number of nitrogens with two attached hydrogens (primary N) is 1. The normalized spacial score (nSPS) is 21.3. The molecule has 0 bridgehead atoms. The van der Waals surface area contributed by atoms with E-state index in [0.717, 1.165) is 19.6 Å². The van der Waals surface area contributed by atoms with Crippen molar-refractivity contribution in [3.05, 3.63) is 22.4 Å². The van der Waals surface area contributed by atoms with Crippen LogP contribution >= 0.6 is 35.3 Å². The highest BCUT2D eigenvalue weighted by Gasteiger charge is 2.27. The first-order chi connectivity index (χ1) is 13.8. The molecule has 1 amide bonds. The summed E-state index contributed by atoms with van der Waals surface area (Å²) in [4.78, 5) is 24.7. The summed E-state index contributed by atoms with van der Waals surface area (Å²) in [5.41, 5.74) is 5.80. The summed E-state index contributed by atoms with van der Waals surface area (Å²) < 4.78 is 5.45. The van der Waals surface area contributed by atoms with Gasteiger partial charge in [0.25, 0.3) is 0 Å². The predicted octanol–water partition coefficient (Wildman–Crippen LogP) is 3.45. The molecule has 2 aliphatic rings. The highest BCUT2D eigenvalue weighted by molar-refractivity contribution is 14.0. The van der Waals surface area contributed by atoms with Crippen LogP contribution in [-0.4, -0.2) is 78.2 Å². The summed E-state index contributed by atoms with van der Waals surface area (Å²) in [6.07, 6.45) is 2.19. The molecule has 1 aromatic heterocycles. The first-order valence-electron chi connectivity index (χ1n) is 10.6. The molecule has 30 heavy (non-hydrogen) atoms. The van der Waals surface area contributed by atoms with Crippen molar-refractivity contribution < 1.29 is 9.53 Å². The number of thiophene rings is 1. The smallest absolute Gasteiger partial charge is 0.410 e. The first kappa shape index (κ1) is 25.2. The van der Waals surface area contributed by atoms with Gasteiger partial charge in [-0.25, -0.2) is 4.79 Å². The molecule has 7 nitrogen and oxygen atoms in total. The van der Waals surface area contributed by atoms with Gasteiger partial charge in [0.05, 0.1) is 0 Å². The molecule has 2 fully saturated rings. The highest BCUT2D eigenvalue weighted by atomic mass is 127. The Bertz CT molecular complexity index is 684. The van der Waals surface area contributed by atoms with Crippen molar-refractivity contribution in [2.45, 2.75) is 45.8 Å². The van der Waals surface area contributed by atoms with Gasteiger partial charge in [-0.1, -0.05) is 6.07 Å². The number of piperidine rings is 1. The molecule has 9 heteroatoms. The second kappa shape index (κ2) is 11.5. The highest BCUT2D eigenvalue weighted by Crippen LogP contribution is 2.21. The minimum atomic E-state index is -0.466. The number of carbonyl (C=O) groups excluding carboxylic acids is 1. The van der Waals surface area contributed by atoms with Crippen LogP contribution in [0.5, 0.6) is 0 Å². The minimum Gasteiger partial charge on any atom is -0.444 e. The molecular weight excluding hydrogens is 513 g/mol. The third-order valence-corrected chi connectivity index (χ3v) is 6.19. The van der Waals surface area contributed by atoms with Gasteiger partial charge in [0.2, 0.25) is 0 Å². The van der Waals surface area contributed by atoms with Crippen LogP contribution in [0.1, 0.15) is 38.5 Å². The molecule has 0 radical (unpaired) electrons. The number of guanidine groups is 1. The summed E-state index contributed by atoms with van der Waals surface area (Å²) in [6, 6.07) is 4.33. The van der Waals surface area contributed by atoms with E-state index in [0.29, 0.717) is 38.1 Å². The van der Waals surface area contributed by atoms with Crippen molar-refractivity contribution in [3.63, 3.8) is 0 Å². The van der Waals surface area contributed by atoms with E-state index in [1.807, 2.05) is 32.1 Å². The number of carbonyl (C=O) groups is 1. The fourth-order valence-electron chi connectivity index (χ4n) is 3.83. The monoisotopic (exact) mass is 549 g/mol. The lowest BCUT2D eigenvalue weighted by atomic mass is 9.98. The van der Waals surface area contributed by atoms with Gasteiger partial charge in [0.1, 0.15) is 5.60 Å². The molecule has 0 aromatic carbocycles. The van der Waals surface area contributed by atoms with Crippen LogP contribution < -0.4 is 5.73 Å². The van der Waals surface area contributed by atoms with Gasteiger partial charge in [-0.3, -0.25) is 9.89 Å². The van der Waals surface area contributed by atoms with Crippen LogP contribution in [0, 0.1) is 5.92 Å². The van der Waals surface area contributed by atoms with E-state index in [9.17, 15) is 4.79 Å². The van der Waals surface area contributed by atoms with Crippen LogP contribution in [0.4, 0.5) is 4.79 Å². The van der Waals surface area contributed by atoms with Gasteiger partial charge in [0, 0.05) is 50.7 Å². The summed E-state index contributed by atoms with van der Waals surface area (Å²) >= 11 is 1.83. The van der Waals surface area contributed by atoms with Crippen LogP contribution in [0.15, 0.2) is 22.5 Å². The number of piperazine rings is 1. The second-order valence-electron chi connectivity index (χ2n) is 8.98. The van der Waals surface area contributed by atoms with Gasteiger partial charge in [-0.05, 0) is 57.5 Å². The van der Waals surface area contributed by atoms with E-state index in [1.165, 1.54) is 24.3 Å². The Hall–Kier alpha value is -1.07. The van der Waals surface area contributed by atoms with Crippen LogP contribution in [0.2, 0.25) is 0 Å². The van der Waals surface area contributed by atoms with Gasteiger partial charge in [0.15, 0.2) is 5.96 Å². The third-order valence-electron chi connectivity index (χ3n) is 5.33. The third kappa shape index (κ3) is 7.88. The van der Waals surface area contributed by atoms with Crippen molar-refractivity contribution in [1.29, 1.82) is 0 Å². The van der Waals surface area contributed by atoms with Crippen molar-refractivity contribution in [2.24, 2.45) is 16.6 Å². The number of nitrogens with zero attached hydrogens (tertiary/aromatic N) is 4. The van der Waals surface area contributed by atoms with Crippen molar-refractivity contribution >= 4 is 47.4 Å². The molecule has 0 aliphatic carbocycles. The minimum absolute atomic E-state index is 0. The number of hydrogen-bond acceptors (Lipinski definition) is 5. The largest absolute Gasteiger partial charge is 0.444 e.